The second-order valence-electron chi connectivity index (χ2n) is 3.24. The molecule has 0 saturated carbocycles. The van der Waals surface area contributed by atoms with Crippen LogP contribution >= 0.6 is 0 Å². The van der Waals surface area contributed by atoms with Gasteiger partial charge in [-0.3, -0.25) is 0 Å². The van der Waals surface area contributed by atoms with Gasteiger partial charge < -0.3 is 4.74 Å². The molecule has 0 aromatic carbocycles. The lowest BCUT2D eigenvalue weighted by atomic mass is 10.1. The molecule has 66 valence electrons. The van der Waals surface area contributed by atoms with E-state index in [0.29, 0.717) is 13.0 Å². The molecule has 0 bridgehead atoms. The van der Waals surface area contributed by atoms with Crippen molar-refractivity contribution in [3.63, 3.8) is 0 Å². The molecule has 1 saturated heterocycles. The summed E-state index contributed by atoms with van der Waals surface area (Å²) < 4.78 is 17.7. The van der Waals surface area contributed by atoms with E-state index in [-0.39, 0.29) is 6.10 Å². The molecule has 0 amide bonds. The van der Waals surface area contributed by atoms with Gasteiger partial charge in [0.2, 0.25) is 0 Å². The van der Waals surface area contributed by atoms with Gasteiger partial charge in [0.05, 0.1) is 6.61 Å². The van der Waals surface area contributed by atoms with Crippen LogP contribution in [-0.2, 0) is 4.74 Å². The fraction of sp³-hybridized carbons (Fsp3) is 1.00. The largest absolute Gasteiger partial charge is 0.370 e. The Hall–Kier alpha value is -0.110. The standard InChI is InChI=1S/C9H17FO/c1-2-3-4-5-6-8(10)9-7-11-9/h8-9H,2-7H2,1H3. The molecule has 1 fully saturated rings. The molecule has 1 heterocycles. The SMILES string of the molecule is CCCCCCC(F)C1CO1. The predicted molar refractivity (Wildman–Crippen MR) is 43.4 cm³/mol. The van der Waals surface area contributed by atoms with E-state index in [1.807, 2.05) is 0 Å². The molecule has 1 aliphatic rings. The number of rotatable bonds is 6. The fourth-order valence-corrected chi connectivity index (χ4v) is 1.22. The summed E-state index contributed by atoms with van der Waals surface area (Å²) >= 11 is 0. The molecule has 0 spiro atoms. The lowest BCUT2D eigenvalue weighted by Gasteiger charge is -2.02. The number of alkyl halides is 1. The van der Waals surface area contributed by atoms with E-state index in [1.165, 1.54) is 19.3 Å². The highest BCUT2D eigenvalue weighted by Gasteiger charge is 2.31. The van der Waals surface area contributed by atoms with Crippen molar-refractivity contribution in [3.05, 3.63) is 0 Å². The van der Waals surface area contributed by atoms with Crippen molar-refractivity contribution in [1.82, 2.24) is 0 Å². The summed E-state index contributed by atoms with van der Waals surface area (Å²) in [5.41, 5.74) is 0. The second kappa shape index (κ2) is 4.70. The first-order valence-corrected chi connectivity index (χ1v) is 4.60. The third kappa shape index (κ3) is 3.71. The highest BCUT2D eigenvalue weighted by Crippen LogP contribution is 2.21. The van der Waals surface area contributed by atoms with Gasteiger partial charge >= 0.3 is 0 Å². The van der Waals surface area contributed by atoms with Crippen molar-refractivity contribution < 1.29 is 9.13 Å². The maximum absolute atomic E-state index is 12.9. The van der Waals surface area contributed by atoms with Gasteiger partial charge in [0.15, 0.2) is 0 Å². The van der Waals surface area contributed by atoms with E-state index < -0.39 is 6.17 Å². The number of hydrogen-bond donors (Lipinski definition) is 0. The van der Waals surface area contributed by atoms with Crippen molar-refractivity contribution in [2.24, 2.45) is 0 Å². The number of unbranched alkanes of at least 4 members (excludes halogenated alkanes) is 3. The van der Waals surface area contributed by atoms with Gasteiger partial charge in [-0.1, -0.05) is 32.6 Å². The van der Waals surface area contributed by atoms with Gasteiger partial charge in [0.25, 0.3) is 0 Å². The fourth-order valence-electron chi connectivity index (χ4n) is 1.22. The van der Waals surface area contributed by atoms with Gasteiger partial charge in [-0.15, -0.1) is 0 Å². The second-order valence-corrected chi connectivity index (χ2v) is 3.24. The molecular formula is C9H17FO. The van der Waals surface area contributed by atoms with Crippen LogP contribution in [0.3, 0.4) is 0 Å². The number of halogens is 1. The average Bonchev–Trinajstić information content (AvgIpc) is 2.79. The van der Waals surface area contributed by atoms with E-state index in [0.717, 1.165) is 6.42 Å². The minimum Gasteiger partial charge on any atom is -0.370 e. The van der Waals surface area contributed by atoms with Crippen LogP contribution in [0.2, 0.25) is 0 Å². The first-order chi connectivity index (χ1) is 5.34. The Bertz CT molecular complexity index is 102. The number of ether oxygens (including phenoxy) is 1. The van der Waals surface area contributed by atoms with Crippen LogP contribution in [0.15, 0.2) is 0 Å². The van der Waals surface area contributed by atoms with Crippen LogP contribution in [0.1, 0.15) is 39.0 Å². The summed E-state index contributed by atoms with van der Waals surface area (Å²) in [7, 11) is 0. The van der Waals surface area contributed by atoms with Crippen molar-refractivity contribution in [1.29, 1.82) is 0 Å². The number of epoxide rings is 1. The Kier molecular flexibility index (Phi) is 3.84. The molecule has 1 rings (SSSR count). The molecule has 11 heavy (non-hydrogen) atoms. The van der Waals surface area contributed by atoms with Crippen molar-refractivity contribution in [3.8, 4) is 0 Å². The Morgan fingerprint density at radius 3 is 2.73 bits per heavy atom. The van der Waals surface area contributed by atoms with Crippen LogP contribution in [-0.4, -0.2) is 18.9 Å². The molecule has 1 nitrogen and oxygen atoms in total. The van der Waals surface area contributed by atoms with Gasteiger partial charge in [0, 0.05) is 0 Å². The summed E-state index contributed by atoms with van der Waals surface area (Å²) in [5, 5.41) is 0. The quantitative estimate of drug-likeness (QED) is 0.430. The summed E-state index contributed by atoms with van der Waals surface area (Å²) in [5.74, 6) is 0. The maximum atomic E-state index is 12.9. The van der Waals surface area contributed by atoms with Crippen LogP contribution in [0.4, 0.5) is 4.39 Å². The molecule has 0 aromatic rings. The Labute approximate surface area is 67.9 Å². The predicted octanol–water partition coefficient (Wildman–Crippen LogP) is 2.69. The van der Waals surface area contributed by atoms with Gasteiger partial charge in [-0.25, -0.2) is 4.39 Å². The molecule has 0 N–H and O–H groups in total. The monoisotopic (exact) mass is 160 g/mol. The first-order valence-electron chi connectivity index (χ1n) is 4.60. The molecule has 2 heteroatoms. The summed E-state index contributed by atoms with van der Waals surface area (Å²) in [6.07, 6.45) is 4.61. The lowest BCUT2D eigenvalue weighted by Crippen LogP contribution is -2.07. The lowest BCUT2D eigenvalue weighted by molar-refractivity contribution is 0.231. The summed E-state index contributed by atoms with van der Waals surface area (Å²) in [4.78, 5) is 0. The van der Waals surface area contributed by atoms with Crippen LogP contribution in [0.5, 0.6) is 0 Å². The van der Waals surface area contributed by atoms with E-state index in [4.69, 9.17) is 4.74 Å². The van der Waals surface area contributed by atoms with E-state index in [1.54, 1.807) is 0 Å². The highest BCUT2D eigenvalue weighted by molar-refractivity contribution is 4.78. The first kappa shape index (κ1) is 8.98. The maximum Gasteiger partial charge on any atom is 0.128 e. The molecule has 0 radical (unpaired) electrons. The van der Waals surface area contributed by atoms with E-state index in [9.17, 15) is 4.39 Å². The highest BCUT2D eigenvalue weighted by atomic mass is 19.1. The van der Waals surface area contributed by atoms with Gasteiger partial charge in [-0.05, 0) is 6.42 Å². The molecule has 2 unspecified atom stereocenters. The Balaban J connectivity index is 1.85. The zero-order chi connectivity index (χ0) is 8.10. The van der Waals surface area contributed by atoms with Crippen molar-refractivity contribution in [2.75, 3.05) is 6.61 Å². The summed E-state index contributed by atoms with van der Waals surface area (Å²) in [6, 6.07) is 0. The average molecular weight is 160 g/mol. The van der Waals surface area contributed by atoms with Gasteiger partial charge in [-0.2, -0.15) is 0 Å². The van der Waals surface area contributed by atoms with Crippen LogP contribution in [0, 0.1) is 0 Å². The summed E-state index contributed by atoms with van der Waals surface area (Å²) in [6.45, 7) is 2.81. The minimum atomic E-state index is -0.688. The Morgan fingerprint density at radius 2 is 2.18 bits per heavy atom. The minimum absolute atomic E-state index is 0.0448. The Morgan fingerprint density at radius 1 is 1.45 bits per heavy atom. The van der Waals surface area contributed by atoms with Crippen molar-refractivity contribution in [2.45, 2.75) is 51.3 Å². The van der Waals surface area contributed by atoms with Crippen LogP contribution < -0.4 is 0 Å². The molecule has 0 aliphatic carbocycles. The third-order valence-electron chi connectivity index (χ3n) is 2.10. The zero-order valence-electron chi connectivity index (χ0n) is 7.18. The molecule has 1 aliphatic heterocycles. The van der Waals surface area contributed by atoms with Gasteiger partial charge in [0.1, 0.15) is 12.3 Å². The zero-order valence-corrected chi connectivity index (χ0v) is 7.18. The smallest absolute Gasteiger partial charge is 0.128 e. The number of hydrogen-bond acceptors (Lipinski definition) is 1. The van der Waals surface area contributed by atoms with E-state index in [2.05, 4.69) is 6.92 Å². The van der Waals surface area contributed by atoms with Crippen LogP contribution in [0.25, 0.3) is 0 Å². The molecule has 0 aromatic heterocycles. The normalized spacial score (nSPS) is 25.1. The topological polar surface area (TPSA) is 12.5 Å². The molecule has 2 atom stereocenters. The molecular weight excluding hydrogens is 143 g/mol. The third-order valence-corrected chi connectivity index (χ3v) is 2.10. The van der Waals surface area contributed by atoms with E-state index >= 15 is 0 Å². The van der Waals surface area contributed by atoms with Crippen molar-refractivity contribution >= 4 is 0 Å².